The molecule has 2 rings (SSSR count). The standard InChI is InChI=1S/C12H14F2N2O/c13-12(14,8-17)7-15-6-10-3-1-2-9-4-5-16-11(9)10/h1-5,15-17H,6-8H2. The van der Waals surface area contributed by atoms with Gasteiger partial charge in [-0.15, -0.1) is 0 Å². The van der Waals surface area contributed by atoms with E-state index in [-0.39, 0.29) is 0 Å². The van der Waals surface area contributed by atoms with E-state index in [0.29, 0.717) is 6.54 Å². The number of aliphatic hydroxyl groups excluding tert-OH is 1. The van der Waals surface area contributed by atoms with Crippen molar-refractivity contribution in [2.45, 2.75) is 12.5 Å². The van der Waals surface area contributed by atoms with Crippen LogP contribution < -0.4 is 5.32 Å². The van der Waals surface area contributed by atoms with E-state index in [9.17, 15) is 8.78 Å². The smallest absolute Gasteiger partial charge is 0.282 e. The highest BCUT2D eigenvalue weighted by molar-refractivity contribution is 5.82. The first-order chi connectivity index (χ1) is 8.12. The van der Waals surface area contributed by atoms with E-state index in [4.69, 9.17) is 5.11 Å². The summed E-state index contributed by atoms with van der Waals surface area (Å²) in [5, 5.41) is 12.1. The Kier molecular flexibility index (Phi) is 3.40. The molecule has 0 spiro atoms. The number of nitrogens with one attached hydrogen (secondary N) is 2. The number of alkyl halides is 2. The maximum Gasteiger partial charge on any atom is 0.282 e. The van der Waals surface area contributed by atoms with Gasteiger partial charge in [-0.05, 0) is 17.0 Å². The van der Waals surface area contributed by atoms with Crippen molar-refractivity contribution in [3.63, 3.8) is 0 Å². The number of hydrogen-bond acceptors (Lipinski definition) is 2. The molecule has 17 heavy (non-hydrogen) atoms. The van der Waals surface area contributed by atoms with Gasteiger partial charge in [-0.3, -0.25) is 0 Å². The predicted octanol–water partition coefficient (Wildman–Crippen LogP) is 1.89. The third-order valence-electron chi connectivity index (χ3n) is 2.60. The van der Waals surface area contributed by atoms with Gasteiger partial charge in [0.05, 0.1) is 6.54 Å². The molecule has 2 aromatic rings. The van der Waals surface area contributed by atoms with Crippen molar-refractivity contribution in [2.75, 3.05) is 13.2 Å². The molecule has 1 heterocycles. The summed E-state index contributed by atoms with van der Waals surface area (Å²) in [6.45, 7) is -1.32. The Labute approximate surface area is 97.5 Å². The van der Waals surface area contributed by atoms with E-state index >= 15 is 0 Å². The highest BCUT2D eigenvalue weighted by Gasteiger charge is 2.26. The van der Waals surface area contributed by atoms with Gasteiger partial charge in [0.15, 0.2) is 0 Å². The lowest BCUT2D eigenvalue weighted by atomic mass is 10.1. The third-order valence-corrected chi connectivity index (χ3v) is 2.60. The van der Waals surface area contributed by atoms with Gasteiger partial charge < -0.3 is 15.4 Å². The SMILES string of the molecule is OCC(F)(F)CNCc1cccc2cc[nH]c12. The Morgan fingerprint density at radius 3 is 2.88 bits per heavy atom. The molecule has 3 nitrogen and oxygen atoms in total. The highest BCUT2D eigenvalue weighted by atomic mass is 19.3. The number of benzene rings is 1. The number of rotatable bonds is 5. The second kappa shape index (κ2) is 4.81. The summed E-state index contributed by atoms with van der Waals surface area (Å²) < 4.78 is 25.6. The van der Waals surface area contributed by atoms with Crippen molar-refractivity contribution in [2.24, 2.45) is 0 Å². The summed E-state index contributed by atoms with van der Waals surface area (Å²) in [7, 11) is 0. The maximum absolute atomic E-state index is 12.8. The van der Waals surface area contributed by atoms with Gasteiger partial charge in [-0.25, -0.2) is 8.78 Å². The summed E-state index contributed by atoms with van der Waals surface area (Å²) in [5.41, 5.74) is 1.88. The minimum Gasteiger partial charge on any atom is -0.390 e. The summed E-state index contributed by atoms with van der Waals surface area (Å²) in [5.74, 6) is -3.07. The molecule has 1 aromatic heterocycles. The fourth-order valence-corrected chi connectivity index (χ4v) is 1.73. The van der Waals surface area contributed by atoms with Crippen LogP contribution in [0.25, 0.3) is 10.9 Å². The van der Waals surface area contributed by atoms with Gasteiger partial charge in [0.1, 0.15) is 6.61 Å². The zero-order chi connectivity index (χ0) is 12.3. The molecule has 0 radical (unpaired) electrons. The van der Waals surface area contributed by atoms with E-state index in [1.54, 1.807) is 0 Å². The molecule has 0 bridgehead atoms. The third kappa shape index (κ3) is 2.81. The Morgan fingerprint density at radius 1 is 1.29 bits per heavy atom. The van der Waals surface area contributed by atoms with Crippen LogP contribution in [0.3, 0.4) is 0 Å². The van der Waals surface area contributed by atoms with E-state index in [1.165, 1.54) is 0 Å². The number of aliphatic hydroxyl groups is 1. The summed E-state index contributed by atoms with van der Waals surface area (Å²) >= 11 is 0. The highest BCUT2D eigenvalue weighted by Crippen LogP contribution is 2.17. The second-order valence-electron chi connectivity index (χ2n) is 3.98. The van der Waals surface area contributed by atoms with Crippen LogP contribution >= 0.6 is 0 Å². The Bertz CT molecular complexity index is 496. The average Bonchev–Trinajstić information content (AvgIpc) is 2.78. The van der Waals surface area contributed by atoms with E-state index < -0.39 is 19.1 Å². The van der Waals surface area contributed by atoms with Crippen LogP contribution in [-0.2, 0) is 6.54 Å². The normalized spacial score (nSPS) is 12.2. The summed E-state index contributed by atoms with van der Waals surface area (Å²) in [6.07, 6.45) is 1.82. The first-order valence-electron chi connectivity index (χ1n) is 5.37. The molecular formula is C12H14F2N2O. The molecule has 0 aliphatic heterocycles. The zero-order valence-corrected chi connectivity index (χ0v) is 9.21. The van der Waals surface area contributed by atoms with Gasteiger partial charge in [0.25, 0.3) is 5.92 Å². The van der Waals surface area contributed by atoms with Crippen LogP contribution in [-0.4, -0.2) is 29.2 Å². The van der Waals surface area contributed by atoms with E-state index in [2.05, 4.69) is 10.3 Å². The number of fused-ring (bicyclic) bond motifs is 1. The van der Waals surface area contributed by atoms with Crippen molar-refractivity contribution < 1.29 is 13.9 Å². The monoisotopic (exact) mass is 240 g/mol. The molecule has 3 N–H and O–H groups in total. The Hall–Kier alpha value is -1.46. The summed E-state index contributed by atoms with van der Waals surface area (Å²) in [4.78, 5) is 3.07. The minimum atomic E-state index is -3.07. The molecule has 0 atom stereocenters. The lowest BCUT2D eigenvalue weighted by Crippen LogP contribution is -2.35. The van der Waals surface area contributed by atoms with E-state index in [1.807, 2.05) is 30.5 Å². The van der Waals surface area contributed by atoms with Crippen molar-refractivity contribution in [3.05, 3.63) is 36.0 Å². The number of aromatic nitrogens is 1. The molecule has 0 aliphatic carbocycles. The lowest BCUT2D eigenvalue weighted by molar-refractivity contribution is -0.0477. The van der Waals surface area contributed by atoms with Crippen LogP contribution in [0.1, 0.15) is 5.56 Å². The fourth-order valence-electron chi connectivity index (χ4n) is 1.73. The van der Waals surface area contributed by atoms with E-state index in [0.717, 1.165) is 16.5 Å². The van der Waals surface area contributed by atoms with Crippen LogP contribution in [0, 0.1) is 0 Å². The molecule has 1 aromatic carbocycles. The van der Waals surface area contributed by atoms with Gasteiger partial charge in [0, 0.05) is 18.3 Å². The average molecular weight is 240 g/mol. The molecule has 0 aliphatic rings. The summed E-state index contributed by atoms with van der Waals surface area (Å²) in [6, 6.07) is 7.65. The Balaban J connectivity index is 2.02. The number of hydrogen-bond donors (Lipinski definition) is 3. The lowest BCUT2D eigenvalue weighted by Gasteiger charge is -2.14. The number of aromatic amines is 1. The van der Waals surface area contributed by atoms with Crippen LogP contribution in [0.2, 0.25) is 0 Å². The van der Waals surface area contributed by atoms with Crippen LogP contribution in [0.15, 0.2) is 30.5 Å². The quantitative estimate of drug-likeness (QED) is 0.747. The molecule has 5 heteroatoms. The molecule has 92 valence electrons. The number of H-pyrrole nitrogens is 1. The Morgan fingerprint density at radius 2 is 2.12 bits per heavy atom. The number of para-hydroxylation sites is 1. The van der Waals surface area contributed by atoms with Crippen LogP contribution in [0.4, 0.5) is 8.78 Å². The molecular weight excluding hydrogens is 226 g/mol. The molecule has 0 unspecified atom stereocenters. The van der Waals surface area contributed by atoms with Crippen molar-refractivity contribution in [1.29, 1.82) is 0 Å². The maximum atomic E-state index is 12.8. The van der Waals surface area contributed by atoms with Crippen LogP contribution in [0.5, 0.6) is 0 Å². The largest absolute Gasteiger partial charge is 0.390 e. The minimum absolute atomic E-state index is 0.341. The predicted molar refractivity (Wildman–Crippen MR) is 62.0 cm³/mol. The van der Waals surface area contributed by atoms with Crippen molar-refractivity contribution in [1.82, 2.24) is 10.3 Å². The van der Waals surface area contributed by atoms with Gasteiger partial charge in [-0.2, -0.15) is 0 Å². The van der Waals surface area contributed by atoms with Gasteiger partial charge in [0.2, 0.25) is 0 Å². The fraction of sp³-hybridized carbons (Fsp3) is 0.333. The number of halogens is 2. The molecule has 0 saturated heterocycles. The molecule has 0 fully saturated rings. The van der Waals surface area contributed by atoms with Gasteiger partial charge in [-0.1, -0.05) is 18.2 Å². The molecule has 0 amide bonds. The first kappa shape index (κ1) is 12.0. The zero-order valence-electron chi connectivity index (χ0n) is 9.21. The van der Waals surface area contributed by atoms with Gasteiger partial charge >= 0.3 is 0 Å². The topological polar surface area (TPSA) is 48.0 Å². The second-order valence-corrected chi connectivity index (χ2v) is 3.98. The molecule has 0 saturated carbocycles. The van der Waals surface area contributed by atoms with Crippen molar-refractivity contribution >= 4 is 10.9 Å². The first-order valence-corrected chi connectivity index (χ1v) is 5.37. The van der Waals surface area contributed by atoms with Crippen molar-refractivity contribution in [3.8, 4) is 0 Å².